The Morgan fingerprint density at radius 1 is 1.27 bits per heavy atom. The molecule has 1 aromatic heterocycles. The van der Waals surface area contributed by atoms with Crippen LogP contribution in [0.5, 0.6) is 0 Å². The molecule has 0 bridgehead atoms. The predicted octanol–water partition coefficient (Wildman–Crippen LogP) is 3.54. The molecular formula is C13H18N2. The van der Waals surface area contributed by atoms with Crippen molar-refractivity contribution in [1.29, 1.82) is 0 Å². The quantitative estimate of drug-likeness (QED) is 0.792. The molecule has 2 rings (SSSR count). The van der Waals surface area contributed by atoms with Crippen molar-refractivity contribution in [1.82, 2.24) is 10.2 Å². The second-order valence-electron chi connectivity index (χ2n) is 5.35. The molecule has 0 aliphatic carbocycles. The molecule has 0 saturated carbocycles. The van der Waals surface area contributed by atoms with Crippen molar-refractivity contribution in [3.8, 4) is 0 Å². The summed E-state index contributed by atoms with van der Waals surface area (Å²) in [6.07, 6.45) is 4.25. The largest absolute Gasteiger partial charge is 0.278 e. The summed E-state index contributed by atoms with van der Waals surface area (Å²) < 4.78 is 0. The van der Waals surface area contributed by atoms with Crippen LogP contribution in [0.1, 0.15) is 32.8 Å². The van der Waals surface area contributed by atoms with Crippen molar-refractivity contribution in [3.05, 3.63) is 30.0 Å². The van der Waals surface area contributed by atoms with Gasteiger partial charge in [0.25, 0.3) is 0 Å². The molecule has 0 unspecified atom stereocenters. The molecule has 0 saturated heterocycles. The van der Waals surface area contributed by atoms with Gasteiger partial charge in [-0.3, -0.25) is 5.10 Å². The van der Waals surface area contributed by atoms with E-state index in [2.05, 4.69) is 49.2 Å². The van der Waals surface area contributed by atoms with Crippen LogP contribution in [0.15, 0.2) is 24.4 Å². The van der Waals surface area contributed by atoms with Gasteiger partial charge in [-0.1, -0.05) is 26.8 Å². The lowest BCUT2D eigenvalue weighted by atomic mass is 9.88. The van der Waals surface area contributed by atoms with Gasteiger partial charge in [0.2, 0.25) is 0 Å². The Morgan fingerprint density at radius 2 is 2.07 bits per heavy atom. The van der Waals surface area contributed by atoms with E-state index in [0.717, 1.165) is 11.9 Å². The first-order valence-corrected chi connectivity index (χ1v) is 5.47. The fourth-order valence-corrected chi connectivity index (χ4v) is 1.67. The average Bonchev–Trinajstić information content (AvgIpc) is 2.60. The maximum absolute atomic E-state index is 4.03. The van der Waals surface area contributed by atoms with Crippen LogP contribution >= 0.6 is 0 Å². The monoisotopic (exact) mass is 202 g/mol. The number of fused-ring (bicyclic) bond motifs is 1. The molecule has 2 heteroatoms. The van der Waals surface area contributed by atoms with Gasteiger partial charge in [0, 0.05) is 5.39 Å². The number of H-pyrrole nitrogens is 1. The van der Waals surface area contributed by atoms with Crippen LogP contribution in [0, 0.1) is 5.41 Å². The summed E-state index contributed by atoms with van der Waals surface area (Å²) in [7, 11) is 0. The zero-order valence-electron chi connectivity index (χ0n) is 9.67. The number of rotatable bonds is 2. The van der Waals surface area contributed by atoms with Crippen LogP contribution in [0.4, 0.5) is 0 Å². The van der Waals surface area contributed by atoms with Crippen LogP contribution in [0.3, 0.4) is 0 Å². The van der Waals surface area contributed by atoms with Crippen LogP contribution in [-0.2, 0) is 6.42 Å². The van der Waals surface area contributed by atoms with E-state index in [0.29, 0.717) is 5.41 Å². The van der Waals surface area contributed by atoms with Gasteiger partial charge in [-0.15, -0.1) is 0 Å². The van der Waals surface area contributed by atoms with Crippen LogP contribution in [-0.4, -0.2) is 10.2 Å². The lowest BCUT2D eigenvalue weighted by molar-refractivity contribution is 0.378. The van der Waals surface area contributed by atoms with Crippen LogP contribution in [0.25, 0.3) is 10.9 Å². The van der Waals surface area contributed by atoms with E-state index in [1.807, 2.05) is 6.20 Å². The van der Waals surface area contributed by atoms with E-state index in [1.54, 1.807) is 0 Å². The maximum atomic E-state index is 4.03. The predicted molar refractivity (Wildman–Crippen MR) is 63.9 cm³/mol. The maximum Gasteiger partial charge on any atom is 0.0650 e. The van der Waals surface area contributed by atoms with Gasteiger partial charge < -0.3 is 0 Å². The molecule has 1 N–H and O–H groups in total. The molecule has 0 aliphatic heterocycles. The Labute approximate surface area is 90.7 Å². The molecule has 0 aliphatic rings. The van der Waals surface area contributed by atoms with Crippen molar-refractivity contribution < 1.29 is 0 Å². The van der Waals surface area contributed by atoms with Gasteiger partial charge in [0.15, 0.2) is 0 Å². The van der Waals surface area contributed by atoms with Crippen molar-refractivity contribution in [2.24, 2.45) is 5.41 Å². The lowest BCUT2D eigenvalue weighted by Crippen LogP contribution is -2.06. The smallest absolute Gasteiger partial charge is 0.0650 e. The molecule has 15 heavy (non-hydrogen) atoms. The molecule has 80 valence electrons. The molecule has 0 atom stereocenters. The minimum absolute atomic E-state index is 0.408. The molecular weight excluding hydrogens is 184 g/mol. The van der Waals surface area contributed by atoms with Crippen molar-refractivity contribution in [2.75, 3.05) is 0 Å². The highest BCUT2D eigenvalue weighted by molar-refractivity contribution is 5.78. The minimum Gasteiger partial charge on any atom is -0.278 e. The van der Waals surface area contributed by atoms with Crippen molar-refractivity contribution in [2.45, 2.75) is 33.6 Å². The normalized spacial score (nSPS) is 12.2. The van der Waals surface area contributed by atoms with Gasteiger partial charge in [-0.25, -0.2) is 0 Å². The first-order chi connectivity index (χ1) is 7.04. The summed E-state index contributed by atoms with van der Waals surface area (Å²) in [5, 5.41) is 8.21. The van der Waals surface area contributed by atoms with Crippen molar-refractivity contribution >= 4 is 10.9 Å². The minimum atomic E-state index is 0.408. The van der Waals surface area contributed by atoms with Gasteiger partial charge in [0.1, 0.15) is 0 Å². The van der Waals surface area contributed by atoms with Gasteiger partial charge in [-0.05, 0) is 36.0 Å². The van der Waals surface area contributed by atoms with Gasteiger partial charge >= 0.3 is 0 Å². The SMILES string of the molecule is CC(C)(C)CCc1ccc2[nH]ncc2c1. The summed E-state index contributed by atoms with van der Waals surface area (Å²) in [6.45, 7) is 6.84. The number of benzene rings is 1. The molecule has 1 heterocycles. The second kappa shape index (κ2) is 3.69. The van der Waals surface area contributed by atoms with Crippen molar-refractivity contribution in [3.63, 3.8) is 0 Å². The first kappa shape index (κ1) is 10.2. The van der Waals surface area contributed by atoms with Gasteiger partial charge in [0.05, 0.1) is 11.7 Å². The number of aryl methyl sites for hydroxylation is 1. The summed E-state index contributed by atoms with van der Waals surface area (Å²) in [6, 6.07) is 6.52. The summed E-state index contributed by atoms with van der Waals surface area (Å²) in [5.74, 6) is 0. The molecule has 0 amide bonds. The summed E-state index contributed by atoms with van der Waals surface area (Å²) >= 11 is 0. The fraction of sp³-hybridized carbons (Fsp3) is 0.462. The van der Waals surface area contributed by atoms with Crippen LogP contribution in [0.2, 0.25) is 0 Å². The van der Waals surface area contributed by atoms with Crippen LogP contribution < -0.4 is 0 Å². The topological polar surface area (TPSA) is 28.7 Å². The van der Waals surface area contributed by atoms with E-state index in [9.17, 15) is 0 Å². The van der Waals surface area contributed by atoms with Gasteiger partial charge in [-0.2, -0.15) is 5.10 Å². The zero-order chi connectivity index (χ0) is 10.9. The molecule has 0 spiro atoms. The standard InChI is InChI=1S/C13H18N2/c1-13(2,3)7-6-10-4-5-12-11(8-10)9-14-15-12/h4-5,8-9H,6-7H2,1-3H3,(H,14,15). The lowest BCUT2D eigenvalue weighted by Gasteiger charge is -2.17. The third-order valence-electron chi connectivity index (χ3n) is 2.67. The summed E-state index contributed by atoms with van der Waals surface area (Å²) in [5.41, 5.74) is 2.93. The van der Waals surface area contributed by atoms with E-state index in [1.165, 1.54) is 17.4 Å². The molecule has 1 aromatic carbocycles. The Hall–Kier alpha value is -1.31. The zero-order valence-corrected chi connectivity index (χ0v) is 9.67. The number of nitrogens with zero attached hydrogens (tertiary/aromatic N) is 1. The highest BCUT2D eigenvalue weighted by atomic mass is 15.1. The Balaban J connectivity index is 2.15. The first-order valence-electron chi connectivity index (χ1n) is 5.47. The van der Waals surface area contributed by atoms with E-state index >= 15 is 0 Å². The number of aromatic amines is 1. The third-order valence-corrected chi connectivity index (χ3v) is 2.67. The molecule has 0 fully saturated rings. The Morgan fingerprint density at radius 3 is 2.80 bits per heavy atom. The number of nitrogens with one attached hydrogen (secondary N) is 1. The highest BCUT2D eigenvalue weighted by Crippen LogP contribution is 2.22. The Bertz CT molecular complexity index is 449. The highest BCUT2D eigenvalue weighted by Gasteiger charge is 2.10. The van der Waals surface area contributed by atoms with E-state index in [-0.39, 0.29) is 0 Å². The third kappa shape index (κ3) is 2.58. The molecule has 2 aromatic rings. The number of hydrogen-bond donors (Lipinski definition) is 1. The second-order valence-corrected chi connectivity index (χ2v) is 5.35. The molecule has 0 radical (unpaired) electrons. The molecule has 2 nitrogen and oxygen atoms in total. The number of hydrogen-bond acceptors (Lipinski definition) is 1. The van der Waals surface area contributed by atoms with E-state index in [4.69, 9.17) is 0 Å². The Kier molecular flexibility index (Phi) is 2.51. The average molecular weight is 202 g/mol. The number of aromatic nitrogens is 2. The fourth-order valence-electron chi connectivity index (χ4n) is 1.67. The van der Waals surface area contributed by atoms with E-state index < -0.39 is 0 Å². The summed E-state index contributed by atoms with van der Waals surface area (Å²) in [4.78, 5) is 0.